The smallest absolute Gasteiger partial charge is 0.0152 e. The van der Waals surface area contributed by atoms with Crippen LogP contribution in [0.5, 0.6) is 0 Å². The lowest BCUT2D eigenvalue weighted by Crippen LogP contribution is -2.48. The van der Waals surface area contributed by atoms with Crippen LogP contribution in [0.4, 0.5) is 0 Å². The van der Waals surface area contributed by atoms with E-state index in [0.717, 1.165) is 6.42 Å². The molecule has 0 amide bonds. The average Bonchev–Trinajstić information content (AvgIpc) is 2.06. The summed E-state index contributed by atoms with van der Waals surface area (Å²) >= 11 is 0. The third kappa shape index (κ3) is 3.07. The molecule has 0 aliphatic rings. The Labute approximate surface area is 93.7 Å². The van der Waals surface area contributed by atoms with E-state index in [9.17, 15) is 0 Å². The minimum absolute atomic E-state index is 0.113. The van der Waals surface area contributed by atoms with Crippen molar-refractivity contribution in [2.24, 2.45) is 11.1 Å². The van der Waals surface area contributed by atoms with Gasteiger partial charge in [0.1, 0.15) is 0 Å². The third-order valence-electron chi connectivity index (χ3n) is 3.51. The number of benzene rings is 1. The first-order valence-corrected chi connectivity index (χ1v) is 5.57. The zero-order chi connectivity index (χ0) is 11.7. The van der Waals surface area contributed by atoms with Gasteiger partial charge in [-0.1, -0.05) is 43.7 Å². The highest BCUT2D eigenvalue weighted by molar-refractivity contribution is 5.22. The van der Waals surface area contributed by atoms with Gasteiger partial charge in [0, 0.05) is 5.54 Å². The maximum Gasteiger partial charge on any atom is 0.0152 e. The highest BCUT2D eigenvalue weighted by Crippen LogP contribution is 2.32. The summed E-state index contributed by atoms with van der Waals surface area (Å²) in [6.45, 7) is 10.8. The first kappa shape index (κ1) is 12.3. The Morgan fingerprint density at radius 1 is 1.00 bits per heavy atom. The third-order valence-corrected chi connectivity index (χ3v) is 3.51. The van der Waals surface area contributed by atoms with Crippen molar-refractivity contribution < 1.29 is 0 Å². The van der Waals surface area contributed by atoms with Gasteiger partial charge >= 0.3 is 0 Å². The molecule has 1 aromatic carbocycles. The Bertz CT molecular complexity index is 314. The van der Waals surface area contributed by atoms with Crippen molar-refractivity contribution in [1.29, 1.82) is 0 Å². The van der Waals surface area contributed by atoms with Crippen molar-refractivity contribution >= 4 is 0 Å². The molecule has 0 saturated carbocycles. The molecule has 0 heterocycles. The van der Waals surface area contributed by atoms with Crippen LogP contribution < -0.4 is 5.73 Å². The second-order valence-electron chi connectivity index (χ2n) is 5.77. The second-order valence-corrected chi connectivity index (χ2v) is 5.77. The molecular weight excluding hydrogens is 182 g/mol. The Hall–Kier alpha value is -0.820. The van der Waals surface area contributed by atoms with Crippen molar-refractivity contribution in [3.63, 3.8) is 0 Å². The molecule has 0 spiro atoms. The molecule has 0 atom stereocenters. The Morgan fingerprint density at radius 2 is 1.47 bits per heavy atom. The van der Waals surface area contributed by atoms with Crippen LogP contribution in [0.25, 0.3) is 0 Å². The fourth-order valence-electron chi connectivity index (χ4n) is 1.44. The summed E-state index contributed by atoms with van der Waals surface area (Å²) in [6.07, 6.45) is 1.02. The lowest BCUT2D eigenvalue weighted by molar-refractivity contribution is 0.201. The van der Waals surface area contributed by atoms with Crippen molar-refractivity contribution in [3.05, 3.63) is 35.4 Å². The van der Waals surface area contributed by atoms with E-state index in [1.165, 1.54) is 11.1 Å². The van der Waals surface area contributed by atoms with Gasteiger partial charge < -0.3 is 5.73 Å². The molecular formula is C14H23N. The topological polar surface area (TPSA) is 26.0 Å². The van der Waals surface area contributed by atoms with Crippen LogP contribution in [0.15, 0.2) is 24.3 Å². The Kier molecular flexibility index (Phi) is 3.25. The lowest BCUT2D eigenvalue weighted by atomic mass is 9.71. The van der Waals surface area contributed by atoms with E-state index in [1.807, 2.05) is 0 Å². The van der Waals surface area contributed by atoms with E-state index in [2.05, 4.69) is 58.9 Å². The summed E-state index contributed by atoms with van der Waals surface area (Å²) < 4.78 is 0. The highest BCUT2D eigenvalue weighted by Gasteiger charge is 2.33. The van der Waals surface area contributed by atoms with Gasteiger partial charge in [0.2, 0.25) is 0 Å². The Balaban J connectivity index is 2.82. The molecule has 84 valence electrons. The van der Waals surface area contributed by atoms with Crippen LogP contribution in [0.2, 0.25) is 0 Å². The molecule has 0 unspecified atom stereocenters. The molecule has 0 aliphatic carbocycles. The summed E-state index contributed by atoms with van der Waals surface area (Å²) in [6, 6.07) is 8.72. The van der Waals surface area contributed by atoms with E-state index in [-0.39, 0.29) is 11.0 Å². The zero-order valence-corrected chi connectivity index (χ0v) is 10.6. The van der Waals surface area contributed by atoms with Gasteiger partial charge in [0.25, 0.3) is 0 Å². The number of hydrogen-bond acceptors (Lipinski definition) is 1. The van der Waals surface area contributed by atoms with Crippen molar-refractivity contribution in [3.8, 4) is 0 Å². The summed E-state index contributed by atoms with van der Waals surface area (Å²) in [7, 11) is 0. The summed E-state index contributed by atoms with van der Waals surface area (Å²) in [5.41, 5.74) is 8.82. The standard InChI is InChI=1S/C14H23N/c1-11-6-8-12(9-7-11)10-13(2,3)14(4,5)15/h6-9H,10,15H2,1-5H3. The molecule has 0 fully saturated rings. The Morgan fingerprint density at radius 3 is 1.87 bits per heavy atom. The molecule has 15 heavy (non-hydrogen) atoms. The molecule has 1 aromatic rings. The van der Waals surface area contributed by atoms with Crippen LogP contribution in [0, 0.1) is 12.3 Å². The fourth-order valence-corrected chi connectivity index (χ4v) is 1.44. The van der Waals surface area contributed by atoms with Gasteiger partial charge in [-0.25, -0.2) is 0 Å². The van der Waals surface area contributed by atoms with Crippen LogP contribution >= 0.6 is 0 Å². The van der Waals surface area contributed by atoms with E-state index >= 15 is 0 Å². The van der Waals surface area contributed by atoms with Gasteiger partial charge in [0.05, 0.1) is 0 Å². The zero-order valence-electron chi connectivity index (χ0n) is 10.6. The minimum Gasteiger partial charge on any atom is -0.325 e. The monoisotopic (exact) mass is 205 g/mol. The van der Waals surface area contributed by atoms with Crippen molar-refractivity contribution in [2.75, 3.05) is 0 Å². The van der Waals surface area contributed by atoms with Gasteiger partial charge in [-0.2, -0.15) is 0 Å². The van der Waals surface area contributed by atoms with Crippen LogP contribution in [0.1, 0.15) is 38.8 Å². The maximum absolute atomic E-state index is 6.19. The van der Waals surface area contributed by atoms with Crippen LogP contribution in [-0.4, -0.2) is 5.54 Å². The predicted molar refractivity (Wildman–Crippen MR) is 66.9 cm³/mol. The van der Waals surface area contributed by atoms with E-state index in [0.29, 0.717) is 0 Å². The molecule has 0 bridgehead atoms. The quantitative estimate of drug-likeness (QED) is 0.805. The molecule has 2 N–H and O–H groups in total. The fraction of sp³-hybridized carbons (Fsp3) is 0.571. The highest BCUT2D eigenvalue weighted by atomic mass is 14.7. The first-order valence-electron chi connectivity index (χ1n) is 5.57. The number of nitrogens with two attached hydrogens (primary N) is 1. The normalized spacial score (nSPS) is 12.9. The van der Waals surface area contributed by atoms with Crippen LogP contribution in [-0.2, 0) is 6.42 Å². The minimum atomic E-state index is -0.155. The number of rotatable bonds is 3. The molecule has 1 nitrogen and oxygen atoms in total. The molecule has 0 saturated heterocycles. The predicted octanol–water partition coefficient (Wildman–Crippen LogP) is 3.30. The van der Waals surface area contributed by atoms with Gasteiger partial charge in [-0.05, 0) is 38.2 Å². The first-order chi connectivity index (χ1) is 6.72. The molecule has 1 heteroatoms. The number of hydrogen-bond donors (Lipinski definition) is 1. The summed E-state index contributed by atoms with van der Waals surface area (Å²) in [4.78, 5) is 0. The second kappa shape index (κ2) is 3.97. The van der Waals surface area contributed by atoms with Gasteiger partial charge in [0.15, 0.2) is 0 Å². The summed E-state index contributed by atoms with van der Waals surface area (Å²) in [5.74, 6) is 0. The molecule has 0 radical (unpaired) electrons. The van der Waals surface area contributed by atoms with Gasteiger partial charge in [-0.3, -0.25) is 0 Å². The largest absolute Gasteiger partial charge is 0.325 e. The van der Waals surface area contributed by atoms with E-state index in [1.54, 1.807) is 0 Å². The lowest BCUT2D eigenvalue weighted by Gasteiger charge is -2.38. The molecule has 1 rings (SSSR count). The number of aryl methyl sites for hydroxylation is 1. The van der Waals surface area contributed by atoms with Crippen molar-refractivity contribution in [2.45, 2.75) is 46.6 Å². The van der Waals surface area contributed by atoms with E-state index < -0.39 is 0 Å². The maximum atomic E-state index is 6.19. The average molecular weight is 205 g/mol. The van der Waals surface area contributed by atoms with Gasteiger partial charge in [-0.15, -0.1) is 0 Å². The SMILES string of the molecule is Cc1ccc(CC(C)(C)C(C)(C)N)cc1. The van der Waals surface area contributed by atoms with E-state index in [4.69, 9.17) is 5.73 Å². The molecule has 0 aromatic heterocycles. The van der Waals surface area contributed by atoms with Crippen LogP contribution in [0.3, 0.4) is 0 Å². The van der Waals surface area contributed by atoms with Crippen molar-refractivity contribution in [1.82, 2.24) is 0 Å². The summed E-state index contributed by atoms with van der Waals surface area (Å²) in [5, 5.41) is 0. The molecule has 0 aliphatic heterocycles.